The maximum Gasteiger partial charge on any atom is 0.193 e. The number of para-hydroxylation sites is 2. The molecule has 8 rings (SSSR count). The molecule has 0 unspecified atom stereocenters. The van der Waals surface area contributed by atoms with Gasteiger partial charge in [-0.05, 0) is 81.9 Å². The van der Waals surface area contributed by atoms with Crippen LogP contribution < -0.4 is 14.4 Å². The SMILES string of the molecule is c1ccc(N(c2ccc(-c3ccc4ccccc4c3)cc2)c2cccc3c2Oc2cccc4cccc(c24)O3)cc1. The molecule has 0 aliphatic carbocycles. The smallest absolute Gasteiger partial charge is 0.193 e. The Kier molecular flexibility index (Phi) is 5.46. The van der Waals surface area contributed by atoms with Crippen molar-refractivity contribution in [1.29, 1.82) is 0 Å². The van der Waals surface area contributed by atoms with Crippen LogP contribution in [-0.2, 0) is 0 Å². The van der Waals surface area contributed by atoms with Crippen molar-refractivity contribution in [3.63, 3.8) is 0 Å². The third-order valence-electron chi connectivity index (χ3n) is 7.68. The van der Waals surface area contributed by atoms with E-state index in [0.29, 0.717) is 11.5 Å². The van der Waals surface area contributed by atoms with E-state index in [1.165, 1.54) is 21.9 Å². The van der Waals surface area contributed by atoms with Crippen molar-refractivity contribution in [2.75, 3.05) is 4.90 Å². The lowest BCUT2D eigenvalue weighted by atomic mass is 10.0. The molecular weight excluding hydrogens is 502 g/mol. The van der Waals surface area contributed by atoms with E-state index in [2.05, 4.69) is 114 Å². The standard InChI is InChI=1S/C38H25NO2/c1-2-13-31(14-3-1)39(32-23-21-27(22-24-32)30-20-19-26-9-4-5-10-29(26)25-30)33-15-8-18-36-38(33)41-35-17-7-12-28-11-6-16-34(40-36)37(28)35/h1-25H. The van der Waals surface area contributed by atoms with Crippen LogP contribution in [0.15, 0.2) is 152 Å². The van der Waals surface area contributed by atoms with E-state index >= 15 is 0 Å². The zero-order valence-electron chi connectivity index (χ0n) is 22.2. The molecule has 1 heterocycles. The summed E-state index contributed by atoms with van der Waals surface area (Å²) in [6.45, 7) is 0. The van der Waals surface area contributed by atoms with Gasteiger partial charge in [0.15, 0.2) is 11.5 Å². The fourth-order valence-corrected chi connectivity index (χ4v) is 5.71. The van der Waals surface area contributed by atoms with E-state index in [1.54, 1.807) is 0 Å². The number of benzene rings is 7. The highest BCUT2D eigenvalue weighted by atomic mass is 16.5. The molecule has 0 N–H and O–H groups in total. The van der Waals surface area contributed by atoms with E-state index in [-0.39, 0.29) is 0 Å². The topological polar surface area (TPSA) is 21.7 Å². The van der Waals surface area contributed by atoms with Gasteiger partial charge in [0, 0.05) is 11.4 Å². The maximum absolute atomic E-state index is 6.70. The molecule has 0 saturated carbocycles. The Morgan fingerprint density at radius 3 is 1.80 bits per heavy atom. The molecular formula is C38H25NO2. The fourth-order valence-electron chi connectivity index (χ4n) is 5.71. The molecule has 0 aromatic heterocycles. The van der Waals surface area contributed by atoms with Crippen LogP contribution in [0.25, 0.3) is 32.7 Å². The van der Waals surface area contributed by atoms with Crippen LogP contribution in [0.5, 0.6) is 23.0 Å². The minimum Gasteiger partial charge on any atom is -0.453 e. The maximum atomic E-state index is 6.70. The number of nitrogens with zero attached hydrogens (tertiary/aromatic N) is 1. The van der Waals surface area contributed by atoms with Crippen molar-refractivity contribution in [3.8, 4) is 34.1 Å². The molecule has 1 aliphatic heterocycles. The lowest BCUT2D eigenvalue weighted by Crippen LogP contribution is -2.11. The zero-order valence-corrected chi connectivity index (χ0v) is 22.2. The first-order chi connectivity index (χ1) is 20.3. The van der Waals surface area contributed by atoms with E-state index in [9.17, 15) is 0 Å². The Morgan fingerprint density at radius 1 is 0.390 bits per heavy atom. The van der Waals surface area contributed by atoms with E-state index in [4.69, 9.17) is 9.47 Å². The summed E-state index contributed by atoms with van der Waals surface area (Å²) in [6, 6.07) is 52.5. The highest BCUT2D eigenvalue weighted by Gasteiger charge is 2.25. The van der Waals surface area contributed by atoms with Crippen LogP contribution >= 0.6 is 0 Å². The molecule has 41 heavy (non-hydrogen) atoms. The molecule has 0 amide bonds. The van der Waals surface area contributed by atoms with Gasteiger partial charge >= 0.3 is 0 Å². The zero-order chi connectivity index (χ0) is 27.2. The van der Waals surface area contributed by atoms with Crippen molar-refractivity contribution >= 4 is 38.6 Å². The van der Waals surface area contributed by atoms with Crippen LogP contribution in [0.4, 0.5) is 17.1 Å². The van der Waals surface area contributed by atoms with Gasteiger partial charge in [-0.1, -0.05) is 97.1 Å². The van der Waals surface area contributed by atoms with Crippen LogP contribution in [-0.4, -0.2) is 0 Å². The number of anilines is 3. The Bertz CT molecular complexity index is 2040. The van der Waals surface area contributed by atoms with Crippen molar-refractivity contribution in [1.82, 2.24) is 0 Å². The molecule has 0 fully saturated rings. The third-order valence-corrected chi connectivity index (χ3v) is 7.68. The Labute approximate surface area is 238 Å². The van der Waals surface area contributed by atoms with Crippen molar-refractivity contribution in [3.05, 3.63) is 152 Å². The highest BCUT2D eigenvalue weighted by Crippen LogP contribution is 2.52. The summed E-state index contributed by atoms with van der Waals surface area (Å²) in [4.78, 5) is 2.22. The molecule has 0 radical (unpaired) electrons. The summed E-state index contributed by atoms with van der Waals surface area (Å²) in [5, 5.41) is 4.54. The van der Waals surface area contributed by atoms with E-state index < -0.39 is 0 Å². The van der Waals surface area contributed by atoms with Gasteiger partial charge in [0.2, 0.25) is 0 Å². The molecule has 7 aromatic carbocycles. The van der Waals surface area contributed by atoms with Gasteiger partial charge < -0.3 is 14.4 Å². The van der Waals surface area contributed by atoms with Crippen LogP contribution in [0.3, 0.4) is 0 Å². The molecule has 0 saturated heterocycles. The van der Waals surface area contributed by atoms with Crippen molar-refractivity contribution in [2.24, 2.45) is 0 Å². The second kappa shape index (κ2) is 9.58. The Hall–Kier alpha value is -5.54. The lowest BCUT2D eigenvalue weighted by molar-refractivity contribution is 0.440. The fraction of sp³-hybridized carbons (Fsp3) is 0. The number of fused-ring (bicyclic) bond motifs is 2. The first kappa shape index (κ1) is 23.4. The predicted octanol–water partition coefficient (Wildman–Crippen LogP) is 11.0. The van der Waals surface area contributed by atoms with Gasteiger partial charge in [0.05, 0.1) is 11.1 Å². The van der Waals surface area contributed by atoms with Crippen LogP contribution in [0.1, 0.15) is 0 Å². The molecule has 194 valence electrons. The molecule has 0 bridgehead atoms. The number of rotatable bonds is 4. The van der Waals surface area contributed by atoms with Crippen molar-refractivity contribution < 1.29 is 9.47 Å². The third kappa shape index (κ3) is 4.07. The quantitative estimate of drug-likeness (QED) is 0.227. The number of hydrogen-bond donors (Lipinski definition) is 0. The number of ether oxygens (including phenoxy) is 2. The predicted molar refractivity (Wildman–Crippen MR) is 168 cm³/mol. The molecule has 0 spiro atoms. The summed E-state index contributed by atoms with van der Waals surface area (Å²) >= 11 is 0. The second-order valence-electron chi connectivity index (χ2n) is 10.2. The summed E-state index contributed by atoms with van der Waals surface area (Å²) in [6.07, 6.45) is 0. The van der Waals surface area contributed by atoms with Gasteiger partial charge in [0.1, 0.15) is 11.5 Å². The normalized spacial score (nSPS) is 11.8. The molecule has 3 nitrogen and oxygen atoms in total. The summed E-state index contributed by atoms with van der Waals surface area (Å²) in [7, 11) is 0. The minimum atomic E-state index is 0.679. The Balaban J connectivity index is 1.25. The largest absolute Gasteiger partial charge is 0.453 e. The van der Waals surface area contributed by atoms with Gasteiger partial charge in [-0.2, -0.15) is 0 Å². The molecule has 0 atom stereocenters. The number of hydrogen-bond acceptors (Lipinski definition) is 3. The van der Waals surface area contributed by atoms with Gasteiger partial charge in [-0.3, -0.25) is 0 Å². The monoisotopic (exact) mass is 527 g/mol. The van der Waals surface area contributed by atoms with Crippen LogP contribution in [0.2, 0.25) is 0 Å². The summed E-state index contributed by atoms with van der Waals surface area (Å²) in [5.41, 5.74) is 5.32. The summed E-state index contributed by atoms with van der Waals surface area (Å²) < 4.78 is 13.2. The van der Waals surface area contributed by atoms with E-state index in [0.717, 1.165) is 39.3 Å². The average molecular weight is 528 g/mol. The average Bonchev–Trinajstić information content (AvgIpc) is 3.20. The highest BCUT2D eigenvalue weighted by molar-refractivity contribution is 5.96. The van der Waals surface area contributed by atoms with Gasteiger partial charge in [0.25, 0.3) is 0 Å². The van der Waals surface area contributed by atoms with E-state index in [1.807, 2.05) is 42.5 Å². The molecule has 1 aliphatic rings. The second-order valence-corrected chi connectivity index (χ2v) is 10.2. The van der Waals surface area contributed by atoms with Crippen molar-refractivity contribution in [2.45, 2.75) is 0 Å². The molecule has 7 aromatic rings. The lowest BCUT2D eigenvalue weighted by Gasteiger charge is -2.27. The van der Waals surface area contributed by atoms with Crippen LogP contribution in [0, 0.1) is 0 Å². The minimum absolute atomic E-state index is 0.679. The first-order valence-electron chi connectivity index (χ1n) is 13.8. The first-order valence-corrected chi connectivity index (χ1v) is 13.8. The molecule has 3 heteroatoms. The van der Waals surface area contributed by atoms with Gasteiger partial charge in [-0.15, -0.1) is 0 Å². The van der Waals surface area contributed by atoms with Gasteiger partial charge in [-0.25, -0.2) is 0 Å². The summed E-state index contributed by atoms with van der Waals surface area (Å²) in [5.74, 6) is 2.93. The Morgan fingerprint density at radius 2 is 1.00 bits per heavy atom.